The smallest absolute Gasteiger partial charge is 0.235 e. The highest BCUT2D eigenvalue weighted by molar-refractivity contribution is 7.91. The molecular formula is C15H21NO4S. The maximum absolute atomic E-state index is 12.1. The summed E-state index contributed by atoms with van der Waals surface area (Å²) in [4.78, 5) is 11.8. The van der Waals surface area contributed by atoms with Gasteiger partial charge in [0.2, 0.25) is 5.91 Å². The molecule has 0 bridgehead atoms. The SMILES string of the molecule is O=C(CS(=O)(=O)Cc1cccc(CO)c1)NC1CCCC1. The molecule has 0 heterocycles. The van der Waals surface area contributed by atoms with Crippen LogP contribution in [0.25, 0.3) is 0 Å². The van der Waals surface area contributed by atoms with E-state index in [0.29, 0.717) is 11.1 Å². The van der Waals surface area contributed by atoms with Crippen molar-refractivity contribution in [1.29, 1.82) is 0 Å². The number of aliphatic hydroxyl groups excluding tert-OH is 1. The van der Waals surface area contributed by atoms with Crippen LogP contribution in [0.4, 0.5) is 0 Å². The number of nitrogens with one attached hydrogen (secondary N) is 1. The Morgan fingerprint density at radius 3 is 2.57 bits per heavy atom. The zero-order valence-corrected chi connectivity index (χ0v) is 12.7. The number of carbonyl (C=O) groups is 1. The summed E-state index contributed by atoms with van der Waals surface area (Å²) in [5.74, 6) is -1.08. The second-order valence-electron chi connectivity index (χ2n) is 5.56. The van der Waals surface area contributed by atoms with Crippen molar-refractivity contribution in [2.75, 3.05) is 5.75 Å². The van der Waals surface area contributed by atoms with Gasteiger partial charge >= 0.3 is 0 Å². The maximum Gasteiger partial charge on any atom is 0.235 e. The summed E-state index contributed by atoms with van der Waals surface area (Å²) in [5.41, 5.74) is 1.26. The minimum Gasteiger partial charge on any atom is -0.392 e. The highest BCUT2D eigenvalue weighted by atomic mass is 32.2. The summed E-state index contributed by atoms with van der Waals surface area (Å²) in [5, 5.41) is 11.8. The second kappa shape index (κ2) is 7.04. The average Bonchev–Trinajstić information content (AvgIpc) is 2.90. The van der Waals surface area contributed by atoms with E-state index in [1.54, 1.807) is 24.3 Å². The van der Waals surface area contributed by atoms with Gasteiger partial charge in [0, 0.05) is 6.04 Å². The first-order valence-electron chi connectivity index (χ1n) is 7.17. The van der Waals surface area contributed by atoms with E-state index in [-0.39, 0.29) is 18.4 Å². The van der Waals surface area contributed by atoms with Crippen LogP contribution in [0.15, 0.2) is 24.3 Å². The first kappa shape index (κ1) is 16.0. The summed E-state index contributed by atoms with van der Waals surface area (Å²) < 4.78 is 24.1. The molecule has 2 N–H and O–H groups in total. The number of hydrogen-bond acceptors (Lipinski definition) is 4. The van der Waals surface area contributed by atoms with Gasteiger partial charge in [-0.2, -0.15) is 0 Å². The molecule has 0 atom stereocenters. The van der Waals surface area contributed by atoms with E-state index in [2.05, 4.69) is 5.32 Å². The lowest BCUT2D eigenvalue weighted by atomic mass is 10.1. The van der Waals surface area contributed by atoms with E-state index in [1.807, 2.05) is 0 Å². The number of sulfone groups is 1. The van der Waals surface area contributed by atoms with Crippen molar-refractivity contribution in [3.8, 4) is 0 Å². The third-order valence-electron chi connectivity index (χ3n) is 3.63. The monoisotopic (exact) mass is 311 g/mol. The van der Waals surface area contributed by atoms with Crippen LogP contribution < -0.4 is 5.32 Å². The first-order chi connectivity index (χ1) is 9.98. The van der Waals surface area contributed by atoms with Crippen molar-refractivity contribution in [1.82, 2.24) is 5.32 Å². The predicted octanol–water partition coefficient (Wildman–Crippen LogP) is 1.15. The molecule has 1 fully saturated rings. The van der Waals surface area contributed by atoms with Crippen molar-refractivity contribution in [2.24, 2.45) is 0 Å². The molecule has 1 amide bonds. The zero-order chi connectivity index (χ0) is 15.3. The van der Waals surface area contributed by atoms with E-state index in [1.165, 1.54) is 0 Å². The van der Waals surface area contributed by atoms with Gasteiger partial charge in [0.15, 0.2) is 9.84 Å². The largest absolute Gasteiger partial charge is 0.392 e. The van der Waals surface area contributed by atoms with E-state index in [0.717, 1.165) is 25.7 Å². The van der Waals surface area contributed by atoms with Crippen LogP contribution in [0, 0.1) is 0 Å². The Bertz CT molecular complexity index is 591. The quantitative estimate of drug-likeness (QED) is 0.825. The number of rotatable bonds is 6. The highest BCUT2D eigenvalue weighted by Crippen LogP contribution is 2.17. The van der Waals surface area contributed by atoms with Gasteiger partial charge < -0.3 is 10.4 Å². The molecule has 1 aromatic rings. The van der Waals surface area contributed by atoms with E-state index in [9.17, 15) is 13.2 Å². The molecule has 2 rings (SSSR count). The van der Waals surface area contributed by atoms with Crippen molar-refractivity contribution >= 4 is 15.7 Å². The minimum absolute atomic E-state index is 0.129. The molecule has 1 aliphatic rings. The minimum atomic E-state index is -3.49. The predicted molar refractivity (Wildman–Crippen MR) is 80.3 cm³/mol. The maximum atomic E-state index is 12.1. The number of amides is 1. The van der Waals surface area contributed by atoms with Gasteiger partial charge in [0.1, 0.15) is 5.75 Å². The van der Waals surface area contributed by atoms with Gasteiger partial charge in [-0.3, -0.25) is 4.79 Å². The normalized spacial score (nSPS) is 16.0. The van der Waals surface area contributed by atoms with Crippen LogP contribution in [-0.2, 0) is 27.0 Å². The van der Waals surface area contributed by atoms with Crippen LogP contribution in [0.5, 0.6) is 0 Å². The van der Waals surface area contributed by atoms with Crippen molar-refractivity contribution in [3.63, 3.8) is 0 Å². The summed E-state index contributed by atoms with van der Waals surface area (Å²) in [7, 11) is -3.49. The van der Waals surface area contributed by atoms with Gasteiger partial charge in [-0.25, -0.2) is 8.42 Å². The summed E-state index contributed by atoms with van der Waals surface area (Å²) in [6, 6.07) is 6.89. The van der Waals surface area contributed by atoms with Crippen molar-refractivity contribution in [2.45, 2.75) is 44.1 Å². The molecule has 1 aromatic carbocycles. The first-order valence-corrected chi connectivity index (χ1v) is 8.99. The average molecular weight is 311 g/mol. The van der Waals surface area contributed by atoms with Gasteiger partial charge in [0.25, 0.3) is 0 Å². The van der Waals surface area contributed by atoms with Crippen LogP contribution in [0.2, 0.25) is 0 Å². The van der Waals surface area contributed by atoms with E-state index >= 15 is 0 Å². The van der Waals surface area contributed by atoms with Gasteiger partial charge in [0.05, 0.1) is 12.4 Å². The van der Waals surface area contributed by atoms with E-state index < -0.39 is 21.5 Å². The Morgan fingerprint density at radius 2 is 1.90 bits per heavy atom. The zero-order valence-electron chi connectivity index (χ0n) is 11.9. The molecule has 0 aliphatic heterocycles. The fourth-order valence-corrected chi connectivity index (χ4v) is 3.93. The second-order valence-corrected chi connectivity index (χ2v) is 7.62. The highest BCUT2D eigenvalue weighted by Gasteiger charge is 2.22. The lowest BCUT2D eigenvalue weighted by Crippen LogP contribution is -2.37. The molecule has 0 unspecified atom stereocenters. The molecular weight excluding hydrogens is 290 g/mol. The Kier molecular flexibility index (Phi) is 5.36. The molecule has 1 aliphatic carbocycles. The standard InChI is InChI=1S/C15H21NO4S/c17-9-12-4-3-5-13(8-12)10-21(19,20)11-15(18)16-14-6-1-2-7-14/h3-5,8,14,17H,1-2,6-7,9-11H2,(H,16,18). The Balaban J connectivity index is 1.92. The Morgan fingerprint density at radius 1 is 1.24 bits per heavy atom. The van der Waals surface area contributed by atoms with Crippen LogP contribution in [-0.4, -0.2) is 31.2 Å². The molecule has 6 heteroatoms. The number of benzene rings is 1. The van der Waals surface area contributed by atoms with Gasteiger partial charge in [-0.15, -0.1) is 0 Å². The van der Waals surface area contributed by atoms with Crippen LogP contribution >= 0.6 is 0 Å². The number of aliphatic hydroxyl groups is 1. The fraction of sp³-hybridized carbons (Fsp3) is 0.533. The lowest BCUT2D eigenvalue weighted by molar-refractivity contribution is -0.119. The fourth-order valence-electron chi connectivity index (χ4n) is 2.66. The Labute approximate surface area is 125 Å². The molecule has 116 valence electrons. The molecule has 0 spiro atoms. The molecule has 21 heavy (non-hydrogen) atoms. The number of carbonyl (C=O) groups excluding carboxylic acids is 1. The van der Waals surface area contributed by atoms with Crippen molar-refractivity contribution in [3.05, 3.63) is 35.4 Å². The summed E-state index contributed by atoms with van der Waals surface area (Å²) in [6.07, 6.45) is 4.05. The van der Waals surface area contributed by atoms with E-state index in [4.69, 9.17) is 5.11 Å². The van der Waals surface area contributed by atoms with Crippen molar-refractivity contribution < 1.29 is 18.3 Å². The molecule has 0 aromatic heterocycles. The van der Waals surface area contributed by atoms with Gasteiger partial charge in [-0.1, -0.05) is 37.1 Å². The molecule has 0 saturated heterocycles. The summed E-state index contributed by atoms with van der Waals surface area (Å²) in [6.45, 7) is -0.129. The third-order valence-corrected chi connectivity index (χ3v) is 5.11. The van der Waals surface area contributed by atoms with Crippen LogP contribution in [0.1, 0.15) is 36.8 Å². The lowest BCUT2D eigenvalue weighted by Gasteiger charge is -2.12. The van der Waals surface area contributed by atoms with Crippen LogP contribution in [0.3, 0.4) is 0 Å². The third kappa shape index (κ3) is 5.13. The molecule has 1 saturated carbocycles. The topological polar surface area (TPSA) is 83.5 Å². The Hall–Kier alpha value is -1.40. The summed E-state index contributed by atoms with van der Waals surface area (Å²) >= 11 is 0. The van der Waals surface area contributed by atoms with Gasteiger partial charge in [-0.05, 0) is 24.0 Å². The molecule has 5 nitrogen and oxygen atoms in total. The molecule has 0 radical (unpaired) electrons. The number of hydrogen-bond donors (Lipinski definition) is 2.